The van der Waals surface area contributed by atoms with E-state index in [1.54, 1.807) is 0 Å². The zero-order chi connectivity index (χ0) is 21.8. The maximum atomic E-state index is 4.87. The number of allylic oxidation sites excluding steroid dienone is 4. The number of aryl methyl sites for hydroxylation is 1. The van der Waals surface area contributed by atoms with Crippen LogP contribution in [-0.4, -0.2) is 28.1 Å². The molecule has 1 aromatic carbocycles. The Morgan fingerprint density at radius 1 is 0.939 bits per heavy atom. The fourth-order valence-electron chi connectivity index (χ4n) is 6.69. The van der Waals surface area contributed by atoms with Crippen LogP contribution in [-0.2, 0) is 6.42 Å². The van der Waals surface area contributed by atoms with Crippen LogP contribution in [0.15, 0.2) is 79.2 Å². The van der Waals surface area contributed by atoms with Crippen molar-refractivity contribution in [1.29, 1.82) is 0 Å². The predicted octanol–water partition coefficient (Wildman–Crippen LogP) is 5.70. The van der Waals surface area contributed by atoms with Gasteiger partial charge in [0, 0.05) is 35.7 Å². The van der Waals surface area contributed by atoms with E-state index in [1.807, 2.05) is 6.20 Å². The Morgan fingerprint density at radius 3 is 2.82 bits per heavy atom. The van der Waals surface area contributed by atoms with Crippen LogP contribution in [0.25, 0.3) is 17.7 Å². The van der Waals surface area contributed by atoms with Crippen LogP contribution in [0.4, 0.5) is 0 Å². The first-order valence-electron chi connectivity index (χ1n) is 12.4. The van der Waals surface area contributed by atoms with Crippen molar-refractivity contribution in [1.82, 2.24) is 15.2 Å². The smallest absolute Gasteiger partial charge is 0.0801 e. The summed E-state index contributed by atoms with van der Waals surface area (Å²) in [5, 5.41) is 3.67. The van der Waals surface area contributed by atoms with Gasteiger partial charge in [0.2, 0.25) is 0 Å². The molecule has 0 bridgehead atoms. The molecule has 3 aliphatic carbocycles. The van der Waals surface area contributed by atoms with Crippen molar-refractivity contribution in [3.8, 4) is 0 Å². The normalized spacial score (nSPS) is 31.3. The molecule has 2 aromatic rings. The number of hydrogen-bond donors (Lipinski definition) is 1. The highest BCUT2D eigenvalue weighted by atomic mass is 15.3. The van der Waals surface area contributed by atoms with Crippen molar-refractivity contribution in [2.24, 2.45) is 5.92 Å². The molecule has 0 saturated carbocycles. The third-order valence-corrected chi connectivity index (χ3v) is 8.13. The SMILES string of the molecule is C1=Cc2c(ccnc2C2=CC3C4c5ccccc5C=CC4N(C4CCC=CN4)C3C=C2)CC1. The second-order valence-electron chi connectivity index (χ2n) is 9.84. The lowest BCUT2D eigenvalue weighted by Gasteiger charge is -2.39. The van der Waals surface area contributed by atoms with Crippen LogP contribution in [0.2, 0.25) is 0 Å². The monoisotopic (exact) mass is 431 g/mol. The fourth-order valence-corrected chi connectivity index (χ4v) is 6.69. The number of nitrogens with one attached hydrogen (secondary N) is 1. The Balaban J connectivity index is 1.34. The average molecular weight is 432 g/mol. The Labute approximate surface area is 195 Å². The first kappa shape index (κ1) is 19.3. The number of nitrogens with zero attached hydrogens (tertiary/aromatic N) is 2. The lowest BCUT2D eigenvalue weighted by atomic mass is 9.75. The Hall–Kier alpha value is -3.17. The van der Waals surface area contributed by atoms with Gasteiger partial charge >= 0.3 is 0 Å². The van der Waals surface area contributed by atoms with Crippen LogP contribution in [0.5, 0.6) is 0 Å². The minimum atomic E-state index is 0.373. The first-order valence-corrected chi connectivity index (χ1v) is 12.4. The fraction of sp³-hybridized carbons (Fsp3) is 0.300. The Morgan fingerprint density at radius 2 is 1.88 bits per heavy atom. The summed E-state index contributed by atoms with van der Waals surface area (Å²) in [5.74, 6) is 0.887. The molecule has 5 atom stereocenters. The minimum absolute atomic E-state index is 0.373. The standard InChI is InChI=1S/C30H29N3/c1-3-9-23-20(7-1)12-15-27-29(23)25-19-22(30-24-10-4-2-8-21(24)16-18-32-30)13-14-26(25)33(27)28-11-5-6-17-31-28/h1,3-4,6-7,9-10,12-19,25-29,31H,2,5,8,11H2. The van der Waals surface area contributed by atoms with Gasteiger partial charge in [-0.05, 0) is 60.2 Å². The number of likely N-dealkylation sites (tertiary alicyclic amines) is 1. The molecule has 1 aromatic heterocycles. The van der Waals surface area contributed by atoms with Gasteiger partial charge in [-0.25, -0.2) is 0 Å². The molecule has 1 saturated heterocycles. The van der Waals surface area contributed by atoms with Gasteiger partial charge in [-0.2, -0.15) is 0 Å². The highest BCUT2D eigenvalue weighted by Crippen LogP contribution is 2.51. The Kier molecular flexibility index (Phi) is 4.51. The van der Waals surface area contributed by atoms with Crippen LogP contribution in [0.1, 0.15) is 53.1 Å². The number of hydrogen-bond acceptors (Lipinski definition) is 3. The van der Waals surface area contributed by atoms with Crippen molar-refractivity contribution >= 4 is 17.7 Å². The van der Waals surface area contributed by atoms with Gasteiger partial charge in [0.1, 0.15) is 0 Å². The predicted molar refractivity (Wildman–Crippen MR) is 135 cm³/mol. The van der Waals surface area contributed by atoms with Gasteiger partial charge in [0.15, 0.2) is 0 Å². The van der Waals surface area contributed by atoms with Gasteiger partial charge in [-0.1, -0.05) is 72.9 Å². The molecule has 5 aliphatic rings. The summed E-state index contributed by atoms with van der Waals surface area (Å²) >= 11 is 0. The molecule has 33 heavy (non-hydrogen) atoms. The zero-order valence-corrected chi connectivity index (χ0v) is 18.8. The molecule has 2 aliphatic heterocycles. The quantitative estimate of drug-likeness (QED) is 0.661. The molecule has 3 heterocycles. The van der Waals surface area contributed by atoms with Gasteiger partial charge in [-0.3, -0.25) is 9.88 Å². The number of benzene rings is 1. The highest BCUT2D eigenvalue weighted by molar-refractivity contribution is 5.81. The van der Waals surface area contributed by atoms with E-state index >= 15 is 0 Å². The van der Waals surface area contributed by atoms with Crippen LogP contribution >= 0.6 is 0 Å². The molecule has 0 spiro atoms. The van der Waals surface area contributed by atoms with Crippen LogP contribution in [0.3, 0.4) is 0 Å². The molecule has 0 radical (unpaired) electrons. The summed E-state index contributed by atoms with van der Waals surface area (Å²) in [6, 6.07) is 12.0. The molecule has 1 N–H and O–H groups in total. The molecule has 164 valence electrons. The second-order valence-corrected chi connectivity index (χ2v) is 9.84. The number of fused-ring (bicyclic) bond motifs is 6. The van der Waals surface area contributed by atoms with Crippen LogP contribution in [0, 0.1) is 5.92 Å². The second kappa shape index (κ2) is 7.71. The summed E-state index contributed by atoms with van der Waals surface area (Å²) in [5.41, 5.74) is 8.03. The van der Waals surface area contributed by atoms with Crippen molar-refractivity contribution in [3.05, 3.63) is 107 Å². The van der Waals surface area contributed by atoms with Crippen molar-refractivity contribution in [2.45, 2.75) is 49.9 Å². The lowest BCUT2D eigenvalue weighted by molar-refractivity contribution is 0.136. The van der Waals surface area contributed by atoms with Crippen LogP contribution < -0.4 is 5.32 Å². The molecule has 3 nitrogen and oxygen atoms in total. The summed E-state index contributed by atoms with van der Waals surface area (Å²) in [6.45, 7) is 0. The van der Waals surface area contributed by atoms with E-state index in [1.165, 1.54) is 27.8 Å². The molecule has 3 heteroatoms. The third-order valence-electron chi connectivity index (χ3n) is 8.13. The summed E-state index contributed by atoms with van der Waals surface area (Å²) < 4.78 is 0. The van der Waals surface area contributed by atoms with E-state index in [0.29, 0.717) is 30.1 Å². The molecule has 0 amide bonds. The molecule has 5 unspecified atom stereocenters. The topological polar surface area (TPSA) is 28.2 Å². The summed E-state index contributed by atoms with van der Waals surface area (Å²) in [4.78, 5) is 7.61. The minimum Gasteiger partial charge on any atom is -0.376 e. The highest BCUT2D eigenvalue weighted by Gasteiger charge is 2.51. The molecular formula is C30H29N3. The van der Waals surface area contributed by atoms with Gasteiger partial charge < -0.3 is 5.32 Å². The maximum absolute atomic E-state index is 4.87. The average Bonchev–Trinajstić information content (AvgIpc) is 3.23. The van der Waals surface area contributed by atoms with Crippen molar-refractivity contribution < 1.29 is 0 Å². The lowest BCUT2D eigenvalue weighted by Crippen LogP contribution is -2.51. The van der Waals surface area contributed by atoms with E-state index in [0.717, 1.165) is 31.4 Å². The number of rotatable bonds is 2. The van der Waals surface area contributed by atoms with E-state index in [2.05, 4.69) is 95.4 Å². The van der Waals surface area contributed by atoms with E-state index in [9.17, 15) is 0 Å². The molecule has 7 rings (SSSR count). The zero-order valence-electron chi connectivity index (χ0n) is 18.8. The number of pyridine rings is 1. The largest absolute Gasteiger partial charge is 0.376 e. The first-order chi connectivity index (χ1) is 16.4. The van der Waals surface area contributed by atoms with Gasteiger partial charge in [-0.15, -0.1) is 0 Å². The van der Waals surface area contributed by atoms with Crippen molar-refractivity contribution in [3.63, 3.8) is 0 Å². The van der Waals surface area contributed by atoms with E-state index in [-0.39, 0.29) is 0 Å². The van der Waals surface area contributed by atoms with Gasteiger partial charge in [0.25, 0.3) is 0 Å². The molecule has 1 fully saturated rings. The summed E-state index contributed by atoms with van der Waals surface area (Å²) in [7, 11) is 0. The van der Waals surface area contributed by atoms with Gasteiger partial charge in [0.05, 0.1) is 11.9 Å². The number of aromatic nitrogens is 1. The third kappa shape index (κ3) is 3.02. The summed E-state index contributed by atoms with van der Waals surface area (Å²) in [6.07, 6.45) is 28.0. The van der Waals surface area contributed by atoms with E-state index in [4.69, 9.17) is 4.98 Å². The van der Waals surface area contributed by atoms with Crippen molar-refractivity contribution in [2.75, 3.05) is 0 Å². The Bertz CT molecular complexity index is 1250. The van der Waals surface area contributed by atoms with E-state index < -0.39 is 0 Å². The molecular weight excluding hydrogens is 402 g/mol. The maximum Gasteiger partial charge on any atom is 0.0801 e.